The largest absolute Gasteiger partial charge is 0.461 e. The summed E-state index contributed by atoms with van der Waals surface area (Å²) in [5, 5.41) is 0. The zero-order valence-corrected chi connectivity index (χ0v) is 14.2. The highest BCUT2D eigenvalue weighted by Gasteiger charge is 2.27. The molecule has 0 atom stereocenters. The van der Waals surface area contributed by atoms with E-state index in [0.717, 1.165) is 25.2 Å². The van der Waals surface area contributed by atoms with Gasteiger partial charge in [-0.3, -0.25) is 4.79 Å². The number of carbonyl (C=O) groups is 2. The van der Waals surface area contributed by atoms with E-state index in [1.54, 1.807) is 4.90 Å². The lowest BCUT2D eigenvalue weighted by Gasteiger charge is -2.33. The number of amides is 1. The fourth-order valence-electron chi connectivity index (χ4n) is 2.36. The van der Waals surface area contributed by atoms with Crippen LogP contribution in [0.1, 0.15) is 44.1 Å². The van der Waals surface area contributed by atoms with E-state index in [1.165, 1.54) is 0 Å². The Hall–Kier alpha value is -2.38. The van der Waals surface area contributed by atoms with E-state index in [1.807, 2.05) is 20.8 Å². The number of hydrogen-bond donors (Lipinski definition) is 1. The molecule has 1 aliphatic heterocycles. The van der Waals surface area contributed by atoms with E-state index < -0.39 is 17.1 Å². The summed E-state index contributed by atoms with van der Waals surface area (Å²) < 4.78 is 10.6. The van der Waals surface area contributed by atoms with Crippen LogP contribution in [0.15, 0.2) is 17.2 Å². The van der Waals surface area contributed by atoms with Gasteiger partial charge >= 0.3 is 12.1 Å². The van der Waals surface area contributed by atoms with Crippen molar-refractivity contribution in [2.24, 2.45) is 5.92 Å². The number of rotatable bonds is 3. The molecule has 132 valence electrons. The quantitative estimate of drug-likeness (QED) is 0.840. The lowest BCUT2D eigenvalue weighted by molar-refractivity contribution is 0.0114. The van der Waals surface area contributed by atoms with Crippen LogP contribution in [0.25, 0.3) is 0 Å². The Labute approximate surface area is 140 Å². The first kappa shape index (κ1) is 18.0. The SMILES string of the molecule is CC(C)(C)OC(=O)N1CCC(COC(=O)c2cc(=O)[nH]cn2)CC1. The minimum Gasteiger partial charge on any atom is -0.461 e. The van der Waals surface area contributed by atoms with Crippen molar-refractivity contribution < 1.29 is 19.1 Å². The molecule has 1 saturated heterocycles. The van der Waals surface area contributed by atoms with Gasteiger partial charge in [-0.25, -0.2) is 14.6 Å². The number of H-pyrrole nitrogens is 1. The van der Waals surface area contributed by atoms with E-state index >= 15 is 0 Å². The van der Waals surface area contributed by atoms with Crippen molar-refractivity contribution in [3.05, 3.63) is 28.4 Å². The molecule has 0 spiro atoms. The number of aromatic amines is 1. The zero-order valence-electron chi connectivity index (χ0n) is 14.2. The van der Waals surface area contributed by atoms with Crippen LogP contribution >= 0.6 is 0 Å². The van der Waals surface area contributed by atoms with Gasteiger partial charge in [-0.1, -0.05) is 0 Å². The number of hydrogen-bond acceptors (Lipinski definition) is 6. The topological polar surface area (TPSA) is 102 Å². The van der Waals surface area contributed by atoms with Crippen molar-refractivity contribution in [2.75, 3.05) is 19.7 Å². The number of aromatic nitrogens is 2. The summed E-state index contributed by atoms with van der Waals surface area (Å²) in [5.41, 5.74) is -0.920. The number of ether oxygens (including phenoxy) is 2. The number of likely N-dealkylation sites (tertiary alicyclic amines) is 1. The molecule has 0 saturated carbocycles. The molecule has 1 aromatic heterocycles. The van der Waals surface area contributed by atoms with Gasteiger partial charge < -0.3 is 19.4 Å². The number of nitrogens with one attached hydrogen (secondary N) is 1. The third-order valence-corrected chi connectivity index (χ3v) is 3.60. The fourth-order valence-corrected chi connectivity index (χ4v) is 2.36. The third-order valence-electron chi connectivity index (χ3n) is 3.60. The molecular formula is C16H23N3O5. The van der Waals surface area contributed by atoms with Crippen molar-refractivity contribution in [3.63, 3.8) is 0 Å². The molecule has 2 heterocycles. The molecule has 1 N–H and O–H groups in total. The highest BCUT2D eigenvalue weighted by molar-refractivity contribution is 5.86. The molecule has 0 bridgehead atoms. The van der Waals surface area contributed by atoms with E-state index in [-0.39, 0.29) is 24.3 Å². The van der Waals surface area contributed by atoms with E-state index in [2.05, 4.69) is 9.97 Å². The second kappa shape index (κ2) is 7.46. The summed E-state index contributed by atoms with van der Waals surface area (Å²) >= 11 is 0. The van der Waals surface area contributed by atoms with Crippen molar-refractivity contribution >= 4 is 12.1 Å². The van der Waals surface area contributed by atoms with Crippen LogP contribution < -0.4 is 5.56 Å². The van der Waals surface area contributed by atoms with Crippen LogP contribution in [0.4, 0.5) is 4.79 Å². The minimum absolute atomic E-state index is 0.00931. The van der Waals surface area contributed by atoms with Crippen LogP contribution in [-0.2, 0) is 9.47 Å². The Morgan fingerprint density at radius 1 is 1.33 bits per heavy atom. The first-order valence-electron chi connectivity index (χ1n) is 7.94. The number of esters is 1. The highest BCUT2D eigenvalue weighted by atomic mass is 16.6. The Morgan fingerprint density at radius 2 is 2.00 bits per heavy atom. The van der Waals surface area contributed by atoms with Crippen LogP contribution in [-0.4, -0.2) is 52.2 Å². The van der Waals surface area contributed by atoms with E-state index in [4.69, 9.17) is 9.47 Å². The molecule has 1 fully saturated rings. The fraction of sp³-hybridized carbons (Fsp3) is 0.625. The van der Waals surface area contributed by atoms with Gasteiger partial charge in [-0.05, 0) is 39.5 Å². The number of nitrogens with zero attached hydrogens (tertiary/aromatic N) is 2. The Balaban J connectivity index is 1.76. The van der Waals surface area contributed by atoms with Crippen molar-refractivity contribution in [2.45, 2.75) is 39.2 Å². The van der Waals surface area contributed by atoms with E-state index in [0.29, 0.717) is 13.1 Å². The van der Waals surface area contributed by atoms with Gasteiger partial charge in [0.05, 0.1) is 12.9 Å². The Morgan fingerprint density at radius 3 is 2.58 bits per heavy atom. The average molecular weight is 337 g/mol. The summed E-state index contributed by atoms with van der Waals surface area (Å²) in [6.45, 7) is 6.88. The van der Waals surface area contributed by atoms with Crippen molar-refractivity contribution in [3.8, 4) is 0 Å². The molecule has 8 heteroatoms. The van der Waals surface area contributed by atoms with Crippen molar-refractivity contribution in [1.82, 2.24) is 14.9 Å². The van der Waals surface area contributed by atoms with Gasteiger partial charge in [-0.2, -0.15) is 0 Å². The third kappa shape index (κ3) is 5.36. The van der Waals surface area contributed by atoms with Gasteiger partial charge in [0.2, 0.25) is 0 Å². The molecule has 8 nitrogen and oxygen atoms in total. The standard InChI is InChI=1S/C16H23N3O5/c1-16(2,3)24-15(22)19-6-4-11(5-7-19)9-23-14(21)12-8-13(20)18-10-17-12/h8,10-11H,4-7,9H2,1-3H3,(H,17,18,20). The molecule has 2 rings (SSSR count). The second-order valence-electron chi connectivity index (χ2n) is 6.81. The van der Waals surface area contributed by atoms with Gasteiger partial charge in [0.25, 0.3) is 5.56 Å². The smallest absolute Gasteiger partial charge is 0.410 e. The maximum Gasteiger partial charge on any atom is 0.410 e. The van der Waals surface area contributed by atoms with Crippen LogP contribution in [0.2, 0.25) is 0 Å². The average Bonchev–Trinajstić information content (AvgIpc) is 2.51. The van der Waals surface area contributed by atoms with Crippen LogP contribution in [0.3, 0.4) is 0 Å². The molecule has 1 aromatic rings. The van der Waals surface area contributed by atoms with Gasteiger partial charge in [-0.15, -0.1) is 0 Å². The maximum atomic E-state index is 12.0. The molecule has 0 unspecified atom stereocenters. The van der Waals surface area contributed by atoms with Crippen LogP contribution in [0, 0.1) is 5.92 Å². The summed E-state index contributed by atoms with van der Waals surface area (Å²) in [7, 11) is 0. The number of carbonyl (C=O) groups excluding carboxylic acids is 2. The van der Waals surface area contributed by atoms with Crippen LogP contribution in [0.5, 0.6) is 0 Å². The molecule has 24 heavy (non-hydrogen) atoms. The monoisotopic (exact) mass is 337 g/mol. The molecule has 0 radical (unpaired) electrons. The second-order valence-corrected chi connectivity index (χ2v) is 6.81. The predicted octanol–water partition coefficient (Wildman–Crippen LogP) is 1.57. The molecule has 1 amide bonds. The Bertz CT molecular complexity index is 642. The van der Waals surface area contributed by atoms with Crippen molar-refractivity contribution in [1.29, 1.82) is 0 Å². The first-order chi connectivity index (χ1) is 11.2. The summed E-state index contributed by atoms with van der Waals surface area (Å²) in [5.74, 6) is -0.440. The lowest BCUT2D eigenvalue weighted by atomic mass is 9.98. The molecule has 0 aromatic carbocycles. The summed E-state index contributed by atoms with van der Waals surface area (Å²) in [6.07, 6.45) is 2.31. The summed E-state index contributed by atoms with van der Waals surface area (Å²) in [6, 6.07) is 1.10. The van der Waals surface area contributed by atoms with Gasteiger partial charge in [0.1, 0.15) is 5.60 Å². The van der Waals surface area contributed by atoms with Gasteiger partial charge in [0.15, 0.2) is 5.69 Å². The maximum absolute atomic E-state index is 12.0. The molecular weight excluding hydrogens is 314 g/mol. The molecule has 1 aliphatic rings. The highest BCUT2D eigenvalue weighted by Crippen LogP contribution is 2.20. The van der Waals surface area contributed by atoms with Gasteiger partial charge in [0, 0.05) is 19.2 Å². The number of piperidine rings is 1. The lowest BCUT2D eigenvalue weighted by Crippen LogP contribution is -2.42. The zero-order chi connectivity index (χ0) is 17.7. The predicted molar refractivity (Wildman–Crippen MR) is 85.7 cm³/mol. The summed E-state index contributed by atoms with van der Waals surface area (Å²) in [4.78, 5) is 42.8. The Kier molecular flexibility index (Phi) is 5.58. The molecule has 0 aliphatic carbocycles. The minimum atomic E-state index is -0.615. The first-order valence-corrected chi connectivity index (χ1v) is 7.94. The van der Waals surface area contributed by atoms with E-state index in [9.17, 15) is 14.4 Å². The normalized spacial score (nSPS) is 15.9.